The Morgan fingerprint density at radius 3 is 2.75 bits per heavy atom. The Hall–Kier alpha value is -0.930. The van der Waals surface area contributed by atoms with Gasteiger partial charge in [-0.25, -0.2) is 0 Å². The molecule has 1 aromatic carbocycles. The minimum Gasteiger partial charge on any atom is -0.338 e. The topological polar surface area (TPSA) is 89.5 Å². The van der Waals surface area contributed by atoms with Gasteiger partial charge in [-0.2, -0.15) is 0 Å². The van der Waals surface area contributed by atoms with E-state index in [0.29, 0.717) is 34.7 Å². The third-order valence-corrected chi connectivity index (χ3v) is 4.19. The van der Waals surface area contributed by atoms with Crippen LogP contribution in [0.4, 0.5) is 5.69 Å². The van der Waals surface area contributed by atoms with Crippen molar-refractivity contribution in [2.45, 2.75) is 6.42 Å². The van der Waals surface area contributed by atoms with E-state index in [0.717, 1.165) is 6.42 Å². The van der Waals surface area contributed by atoms with E-state index in [1.165, 1.54) is 18.2 Å². The van der Waals surface area contributed by atoms with Crippen molar-refractivity contribution in [2.24, 2.45) is 11.7 Å². The van der Waals surface area contributed by atoms with Crippen LogP contribution in [-0.4, -0.2) is 35.4 Å². The molecule has 2 rings (SSSR count). The van der Waals surface area contributed by atoms with Gasteiger partial charge in [0.1, 0.15) is 0 Å². The molecule has 0 bridgehead atoms. The van der Waals surface area contributed by atoms with E-state index in [2.05, 4.69) is 0 Å². The van der Waals surface area contributed by atoms with Crippen molar-refractivity contribution in [3.05, 3.63) is 37.4 Å². The largest absolute Gasteiger partial charge is 0.338 e. The van der Waals surface area contributed by atoms with Crippen LogP contribution in [0.5, 0.6) is 0 Å². The summed E-state index contributed by atoms with van der Waals surface area (Å²) < 4.78 is 0.605. The highest BCUT2D eigenvalue weighted by atomic mass is 127. The number of hydrogen-bond acceptors (Lipinski definition) is 4. The smallest absolute Gasteiger partial charge is 0.270 e. The lowest BCUT2D eigenvalue weighted by Crippen LogP contribution is -2.30. The Morgan fingerprint density at radius 2 is 2.25 bits per heavy atom. The molecule has 1 fully saturated rings. The van der Waals surface area contributed by atoms with Crippen LogP contribution in [0.1, 0.15) is 16.8 Å². The lowest BCUT2D eigenvalue weighted by atomic mass is 10.1. The maximum absolute atomic E-state index is 12.3. The molecule has 1 unspecified atom stereocenters. The second kappa shape index (κ2) is 7.19. The van der Waals surface area contributed by atoms with Crippen molar-refractivity contribution in [3.8, 4) is 0 Å². The average Bonchev–Trinajstić information content (AvgIpc) is 2.86. The number of nitrogens with zero attached hydrogens (tertiary/aromatic N) is 2. The summed E-state index contributed by atoms with van der Waals surface area (Å²) in [7, 11) is 0. The van der Waals surface area contributed by atoms with Gasteiger partial charge in [0.25, 0.3) is 11.6 Å². The second-order valence-corrected chi connectivity index (χ2v) is 5.73. The minimum absolute atomic E-state index is 0. The molecule has 110 valence electrons. The molecule has 20 heavy (non-hydrogen) atoms. The van der Waals surface area contributed by atoms with E-state index >= 15 is 0 Å². The molecule has 6 nitrogen and oxygen atoms in total. The quantitative estimate of drug-likeness (QED) is 0.468. The number of benzene rings is 1. The van der Waals surface area contributed by atoms with Crippen LogP contribution in [0.15, 0.2) is 18.2 Å². The fraction of sp³-hybridized carbons (Fsp3) is 0.417. The SMILES string of the molecule is Cl.NCC1CCN(C(=O)c2ccc([N+](=O)[O-])cc2I)C1. The van der Waals surface area contributed by atoms with Gasteiger partial charge in [0.15, 0.2) is 0 Å². The van der Waals surface area contributed by atoms with E-state index in [4.69, 9.17) is 5.73 Å². The standard InChI is InChI=1S/C12H14IN3O3.ClH/c13-11-5-9(16(18)19)1-2-10(11)12(17)15-4-3-8(6-14)7-15;/h1-2,5,8H,3-4,6-7,14H2;1H. The number of hydrogen-bond donors (Lipinski definition) is 1. The fourth-order valence-electron chi connectivity index (χ4n) is 2.17. The highest BCUT2D eigenvalue weighted by Gasteiger charge is 2.27. The molecule has 0 spiro atoms. The van der Waals surface area contributed by atoms with Crippen LogP contribution < -0.4 is 5.73 Å². The molecular formula is C12H15ClIN3O3. The van der Waals surface area contributed by atoms with Gasteiger partial charge in [-0.3, -0.25) is 14.9 Å². The van der Waals surface area contributed by atoms with E-state index < -0.39 is 4.92 Å². The normalized spacial score (nSPS) is 17.7. The molecule has 1 saturated heterocycles. The lowest BCUT2D eigenvalue weighted by Gasteiger charge is -2.17. The first kappa shape index (κ1) is 17.1. The number of halogens is 2. The molecule has 1 aliphatic heterocycles. The Kier molecular flexibility index (Phi) is 6.15. The van der Waals surface area contributed by atoms with Gasteiger partial charge in [0.2, 0.25) is 0 Å². The number of carbonyl (C=O) groups is 1. The van der Waals surface area contributed by atoms with Gasteiger partial charge in [-0.15, -0.1) is 12.4 Å². The summed E-state index contributed by atoms with van der Waals surface area (Å²) in [5.74, 6) is 0.287. The summed E-state index contributed by atoms with van der Waals surface area (Å²) >= 11 is 1.96. The number of nitrogens with two attached hydrogens (primary N) is 1. The number of nitro groups is 1. The van der Waals surface area contributed by atoms with Crippen molar-refractivity contribution in [2.75, 3.05) is 19.6 Å². The van der Waals surface area contributed by atoms with Gasteiger partial charge in [-0.1, -0.05) is 0 Å². The van der Waals surface area contributed by atoms with Crippen LogP contribution in [0.3, 0.4) is 0 Å². The average molecular weight is 412 g/mol. The Morgan fingerprint density at radius 1 is 1.55 bits per heavy atom. The van der Waals surface area contributed by atoms with Crippen molar-refractivity contribution in [3.63, 3.8) is 0 Å². The van der Waals surface area contributed by atoms with Crippen LogP contribution in [0.25, 0.3) is 0 Å². The number of non-ortho nitro benzene ring substituents is 1. The fourth-order valence-corrected chi connectivity index (χ4v) is 2.90. The molecule has 1 aliphatic rings. The summed E-state index contributed by atoms with van der Waals surface area (Å²) in [6.45, 7) is 1.96. The zero-order chi connectivity index (χ0) is 14.0. The zero-order valence-electron chi connectivity index (χ0n) is 10.6. The van der Waals surface area contributed by atoms with E-state index in [1.807, 2.05) is 22.6 Å². The molecular weight excluding hydrogens is 397 g/mol. The minimum atomic E-state index is -0.462. The highest BCUT2D eigenvalue weighted by molar-refractivity contribution is 14.1. The summed E-state index contributed by atoms with van der Waals surface area (Å²) in [6, 6.07) is 4.31. The third-order valence-electron chi connectivity index (χ3n) is 3.30. The molecule has 1 aromatic rings. The van der Waals surface area contributed by atoms with Crippen molar-refractivity contribution in [1.29, 1.82) is 0 Å². The van der Waals surface area contributed by atoms with Gasteiger partial charge in [0.05, 0.1) is 10.5 Å². The number of amides is 1. The van der Waals surface area contributed by atoms with Crippen LogP contribution in [-0.2, 0) is 0 Å². The first-order valence-electron chi connectivity index (χ1n) is 5.96. The molecule has 1 amide bonds. The molecule has 1 atom stereocenters. The molecule has 2 N–H and O–H groups in total. The number of rotatable bonds is 3. The molecule has 0 aliphatic carbocycles. The monoisotopic (exact) mass is 411 g/mol. The maximum Gasteiger partial charge on any atom is 0.270 e. The Labute approximate surface area is 136 Å². The molecule has 0 radical (unpaired) electrons. The van der Waals surface area contributed by atoms with Gasteiger partial charge in [-0.05, 0) is 47.5 Å². The second-order valence-electron chi connectivity index (χ2n) is 4.56. The van der Waals surface area contributed by atoms with Gasteiger partial charge < -0.3 is 10.6 Å². The first-order chi connectivity index (χ1) is 9.02. The van der Waals surface area contributed by atoms with Crippen LogP contribution in [0, 0.1) is 19.6 Å². The van der Waals surface area contributed by atoms with Crippen LogP contribution >= 0.6 is 35.0 Å². The first-order valence-corrected chi connectivity index (χ1v) is 7.04. The van der Waals surface area contributed by atoms with Gasteiger partial charge in [0, 0.05) is 28.8 Å². The van der Waals surface area contributed by atoms with Crippen molar-refractivity contribution < 1.29 is 9.72 Å². The van der Waals surface area contributed by atoms with E-state index in [1.54, 1.807) is 4.90 Å². The number of nitro benzene ring substituents is 1. The summed E-state index contributed by atoms with van der Waals surface area (Å²) in [4.78, 5) is 24.3. The Bertz CT molecular complexity index is 527. The van der Waals surface area contributed by atoms with Gasteiger partial charge >= 0.3 is 0 Å². The van der Waals surface area contributed by atoms with Crippen LogP contribution in [0.2, 0.25) is 0 Å². The lowest BCUT2D eigenvalue weighted by molar-refractivity contribution is -0.384. The summed E-state index contributed by atoms with van der Waals surface area (Å²) in [5.41, 5.74) is 6.12. The zero-order valence-corrected chi connectivity index (χ0v) is 13.6. The molecule has 1 heterocycles. The number of likely N-dealkylation sites (tertiary alicyclic amines) is 1. The molecule has 8 heteroatoms. The summed E-state index contributed by atoms with van der Waals surface area (Å²) in [5, 5.41) is 10.7. The summed E-state index contributed by atoms with van der Waals surface area (Å²) in [6.07, 6.45) is 0.922. The van der Waals surface area contributed by atoms with E-state index in [9.17, 15) is 14.9 Å². The number of carbonyl (C=O) groups excluding carboxylic acids is 1. The Balaban J connectivity index is 0.00000200. The molecule has 0 aromatic heterocycles. The predicted molar refractivity (Wildman–Crippen MR) is 86.1 cm³/mol. The van der Waals surface area contributed by atoms with E-state index in [-0.39, 0.29) is 24.0 Å². The third kappa shape index (κ3) is 3.58. The maximum atomic E-state index is 12.3. The molecule has 0 saturated carbocycles. The highest BCUT2D eigenvalue weighted by Crippen LogP contribution is 2.23. The van der Waals surface area contributed by atoms with Crippen molar-refractivity contribution in [1.82, 2.24) is 4.90 Å². The predicted octanol–water partition coefficient (Wildman–Crippen LogP) is 2.04. The van der Waals surface area contributed by atoms with Crippen molar-refractivity contribution >= 4 is 46.6 Å².